The molecule has 0 unspecified atom stereocenters. The van der Waals surface area contributed by atoms with Crippen LogP contribution in [0.2, 0.25) is 0 Å². The normalized spacial score (nSPS) is 10.3. The maximum Gasteiger partial charge on any atom is 0.275 e. The molecule has 0 aliphatic heterocycles. The van der Waals surface area contributed by atoms with Crippen molar-refractivity contribution in [2.24, 2.45) is 0 Å². The monoisotopic (exact) mass is 372 g/mol. The molecule has 0 saturated heterocycles. The van der Waals surface area contributed by atoms with E-state index in [1.807, 2.05) is 0 Å². The fourth-order valence-electron chi connectivity index (χ4n) is 2.25. The van der Waals surface area contributed by atoms with E-state index in [9.17, 15) is 4.79 Å². The molecule has 26 heavy (non-hydrogen) atoms. The average Bonchev–Trinajstić information content (AvgIpc) is 3.18. The number of carbonyl (C=O) groups excluding carboxylic acids is 1. The SMILES string of the molecule is COc1cc(NC(=O)c2csc(-c3cnccn3)n2)cc(OC)c1OC. The molecule has 3 rings (SSSR count). The van der Waals surface area contributed by atoms with Crippen molar-refractivity contribution in [3.63, 3.8) is 0 Å². The van der Waals surface area contributed by atoms with Crippen LogP contribution < -0.4 is 19.5 Å². The molecule has 0 spiro atoms. The van der Waals surface area contributed by atoms with Gasteiger partial charge in [0.15, 0.2) is 11.5 Å². The molecule has 8 nitrogen and oxygen atoms in total. The molecule has 134 valence electrons. The van der Waals surface area contributed by atoms with Gasteiger partial charge in [0.05, 0.1) is 27.5 Å². The standard InChI is InChI=1S/C17H16N4O4S/c1-23-13-6-10(7-14(24-2)15(13)25-3)20-16(22)12-9-26-17(21-12)11-8-18-4-5-19-11/h4-9H,1-3H3,(H,20,22). The van der Waals surface area contributed by atoms with Crippen molar-refractivity contribution in [1.82, 2.24) is 15.0 Å². The van der Waals surface area contributed by atoms with Crippen LogP contribution in [0.15, 0.2) is 36.1 Å². The van der Waals surface area contributed by atoms with Gasteiger partial charge in [0, 0.05) is 35.6 Å². The molecule has 0 saturated carbocycles. The van der Waals surface area contributed by atoms with Crippen molar-refractivity contribution in [2.75, 3.05) is 26.6 Å². The van der Waals surface area contributed by atoms with E-state index in [1.54, 1.807) is 36.1 Å². The fourth-order valence-corrected chi connectivity index (χ4v) is 3.01. The number of nitrogens with zero attached hydrogens (tertiary/aromatic N) is 3. The lowest BCUT2D eigenvalue weighted by atomic mass is 10.2. The Bertz CT molecular complexity index is 889. The second-order valence-corrected chi connectivity index (χ2v) is 5.85. The third-order valence-corrected chi connectivity index (χ3v) is 4.31. The Kier molecular flexibility index (Phi) is 5.28. The summed E-state index contributed by atoms with van der Waals surface area (Å²) in [7, 11) is 4.54. The van der Waals surface area contributed by atoms with E-state index < -0.39 is 0 Å². The van der Waals surface area contributed by atoms with Crippen LogP contribution in [-0.4, -0.2) is 42.2 Å². The second-order valence-electron chi connectivity index (χ2n) is 5.00. The van der Waals surface area contributed by atoms with Gasteiger partial charge in [0.2, 0.25) is 5.75 Å². The van der Waals surface area contributed by atoms with Gasteiger partial charge in [0.25, 0.3) is 5.91 Å². The number of hydrogen-bond acceptors (Lipinski definition) is 8. The molecule has 1 N–H and O–H groups in total. The summed E-state index contributed by atoms with van der Waals surface area (Å²) in [6, 6.07) is 3.30. The first-order valence-electron chi connectivity index (χ1n) is 7.49. The Balaban J connectivity index is 1.83. The Labute approximate surface area is 153 Å². The van der Waals surface area contributed by atoms with E-state index in [-0.39, 0.29) is 11.6 Å². The fraction of sp³-hybridized carbons (Fsp3) is 0.176. The van der Waals surface area contributed by atoms with E-state index in [0.717, 1.165) is 0 Å². The Morgan fingerprint density at radius 3 is 2.38 bits per heavy atom. The van der Waals surface area contributed by atoms with Gasteiger partial charge in [-0.05, 0) is 0 Å². The number of aromatic nitrogens is 3. The number of carbonyl (C=O) groups is 1. The van der Waals surface area contributed by atoms with Crippen molar-refractivity contribution in [3.05, 3.63) is 41.8 Å². The second kappa shape index (κ2) is 7.79. The maximum absolute atomic E-state index is 12.5. The van der Waals surface area contributed by atoms with Crippen LogP contribution in [0.5, 0.6) is 17.2 Å². The highest BCUT2D eigenvalue weighted by atomic mass is 32.1. The van der Waals surface area contributed by atoms with Crippen LogP contribution in [-0.2, 0) is 0 Å². The number of amides is 1. The summed E-state index contributed by atoms with van der Waals surface area (Å²) in [5.74, 6) is 0.985. The first-order valence-corrected chi connectivity index (χ1v) is 8.37. The average molecular weight is 372 g/mol. The van der Waals surface area contributed by atoms with Crippen LogP contribution in [0.3, 0.4) is 0 Å². The minimum absolute atomic E-state index is 0.282. The molecule has 2 heterocycles. The minimum atomic E-state index is -0.356. The quantitative estimate of drug-likeness (QED) is 0.711. The van der Waals surface area contributed by atoms with Crippen molar-refractivity contribution in [3.8, 4) is 28.0 Å². The predicted octanol–water partition coefficient (Wildman–Crippen LogP) is 2.88. The summed E-state index contributed by atoms with van der Waals surface area (Å²) in [5, 5.41) is 5.06. The minimum Gasteiger partial charge on any atom is -0.493 e. The lowest BCUT2D eigenvalue weighted by molar-refractivity contribution is 0.102. The first-order chi connectivity index (χ1) is 12.7. The first kappa shape index (κ1) is 17.6. The van der Waals surface area contributed by atoms with Gasteiger partial charge in [-0.2, -0.15) is 0 Å². The zero-order valence-electron chi connectivity index (χ0n) is 14.3. The third kappa shape index (κ3) is 3.57. The highest BCUT2D eigenvalue weighted by Gasteiger charge is 2.17. The lowest BCUT2D eigenvalue weighted by Gasteiger charge is -2.14. The highest BCUT2D eigenvalue weighted by Crippen LogP contribution is 2.40. The predicted molar refractivity (Wildman–Crippen MR) is 97.2 cm³/mol. The van der Waals surface area contributed by atoms with E-state index in [0.29, 0.717) is 33.6 Å². The lowest BCUT2D eigenvalue weighted by Crippen LogP contribution is -2.12. The number of methoxy groups -OCH3 is 3. The summed E-state index contributed by atoms with van der Waals surface area (Å²) in [6.45, 7) is 0. The molecular formula is C17H16N4O4S. The molecule has 0 fully saturated rings. The van der Waals surface area contributed by atoms with Gasteiger partial charge >= 0.3 is 0 Å². The zero-order valence-corrected chi connectivity index (χ0v) is 15.2. The van der Waals surface area contributed by atoms with Crippen LogP contribution in [0.1, 0.15) is 10.5 Å². The molecule has 0 bridgehead atoms. The number of ether oxygens (including phenoxy) is 3. The number of benzene rings is 1. The molecule has 1 amide bonds. The molecule has 0 radical (unpaired) electrons. The smallest absolute Gasteiger partial charge is 0.275 e. The molecule has 2 aromatic heterocycles. The van der Waals surface area contributed by atoms with Crippen molar-refractivity contribution in [2.45, 2.75) is 0 Å². The number of rotatable bonds is 6. The highest BCUT2D eigenvalue weighted by molar-refractivity contribution is 7.13. The molecule has 9 heteroatoms. The Morgan fingerprint density at radius 2 is 1.81 bits per heavy atom. The molecule has 3 aromatic rings. The molecule has 0 aliphatic carbocycles. The van der Waals surface area contributed by atoms with Crippen molar-refractivity contribution < 1.29 is 19.0 Å². The molecule has 1 aromatic carbocycles. The summed E-state index contributed by atoms with van der Waals surface area (Å²) >= 11 is 1.32. The Morgan fingerprint density at radius 1 is 1.08 bits per heavy atom. The van der Waals surface area contributed by atoms with E-state index in [1.165, 1.54) is 32.7 Å². The van der Waals surface area contributed by atoms with Gasteiger partial charge in [-0.15, -0.1) is 11.3 Å². The van der Waals surface area contributed by atoms with Crippen molar-refractivity contribution in [1.29, 1.82) is 0 Å². The van der Waals surface area contributed by atoms with E-state index in [2.05, 4.69) is 20.3 Å². The maximum atomic E-state index is 12.5. The van der Waals surface area contributed by atoms with Crippen LogP contribution in [0, 0.1) is 0 Å². The summed E-state index contributed by atoms with van der Waals surface area (Å²) < 4.78 is 15.8. The van der Waals surface area contributed by atoms with Gasteiger partial charge in [-0.25, -0.2) is 4.98 Å². The van der Waals surface area contributed by atoms with E-state index in [4.69, 9.17) is 14.2 Å². The number of nitrogens with one attached hydrogen (secondary N) is 1. The topological polar surface area (TPSA) is 95.5 Å². The van der Waals surface area contributed by atoms with Gasteiger partial charge in [-0.1, -0.05) is 0 Å². The van der Waals surface area contributed by atoms with Gasteiger partial charge in [-0.3, -0.25) is 14.8 Å². The zero-order chi connectivity index (χ0) is 18.5. The number of thiazole rings is 1. The number of hydrogen-bond donors (Lipinski definition) is 1. The molecular weight excluding hydrogens is 356 g/mol. The summed E-state index contributed by atoms with van der Waals surface area (Å²) in [5.41, 5.74) is 1.40. The van der Waals surface area contributed by atoms with E-state index >= 15 is 0 Å². The number of anilines is 1. The molecule has 0 atom stereocenters. The van der Waals surface area contributed by atoms with Crippen LogP contribution in [0.4, 0.5) is 5.69 Å². The molecule has 0 aliphatic rings. The Hall–Kier alpha value is -3.20. The summed E-state index contributed by atoms with van der Waals surface area (Å²) in [4.78, 5) is 25.0. The van der Waals surface area contributed by atoms with Gasteiger partial charge < -0.3 is 19.5 Å². The summed E-state index contributed by atoms with van der Waals surface area (Å²) in [6.07, 6.45) is 4.75. The van der Waals surface area contributed by atoms with Crippen molar-refractivity contribution >= 4 is 22.9 Å². The van der Waals surface area contributed by atoms with Crippen LogP contribution in [0.25, 0.3) is 10.7 Å². The van der Waals surface area contributed by atoms with Gasteiger partial charge in [0.1, 0.15) is 16.4 Å². The third-order valence-electron chi connectivity index (χ3n) is 3.44. The van der Waals surface area contributed by atoms with Crippen LogP contribution >= 0.6 is 11.3 Å². The largest absolute Gasteiger partial charge is 0.493 e.